The lowest BCUT2D eigenvalue weighted by molar-refractivity contribution is 0.540. The number of rotatable bonds is 1. The summed E-state index contributed by atoms with van der Waals surface area (Å²) in [6.45, 7) is 1.96. The molecule has 0 bridgehead atoms. The van der Waals surface area contributed by atoms with Gasteiger partial charge in [0.05, 0.1) is 0 Å². The van der Waals surface area contributed by atoms with Crippen LogP contribution in [0.5, 0.6) is 0 Å². The largest absolute Gasteiger partial charge is 0.321 e. The van der Waals surface area contributed by atoms with Crippen molar-refractivity contribution >= 4 is 0 Å². The van der Waals surface area contributed by atoms with Crippen LogP contribution in [0.25, 0.3) is 0 Å². The van der Waals surface area contributed by atoms with Crippen LogP contribution in [-0.2, 0) is 5.54 Å². The second-order valence-corrected chi connectivity index (χ2v) is 3.77. The van der Waals surface area contributed by atoms with Gasteiger partial charge >= 0.3 is 0 Å². The molecule has 3 heteroatoms. The van der Waals surface area contributed by atoms with E-state index < -0.39 is 17.2 Å². The average Bonchev–Trinajstić information content (AvgIpc) is 2.59. The van der Waals surface area contributed by atoms with Gasteiger partial charge in [0.15, 0.2) is 0 Å². The van der Waals surface area contributed by atoms with Crippen LogP contribution in [0.3, 0.4) is 0 Å². The zero-order valence-corrected chi connectivity index (χ0v) is 7.35. The maximum Gasteiger partial charge on any atom is 0.131 e. The van der Waals surface area contributed by atoms with Crippen LogP contribution in [0, 0.1) is 17.6 Å². The van der Waals surface area contributed by atoms with Crippen LogP contribution in [0.1, 0.15) is 18.9 Å². The van der Waals surface area contributed by atoms with E-state index >= 15 is 0 Å². The molecule has 1 nitrogen and oxygen atoms in total. The Morgan fingerprint density at radius 3 is 2.54 bits per heavy atom. The molecule has 0 spiro atoms. The van der Waals surface area contributed by atoms with Gasteiger partial charge in [-0.15, -0.1) is 0 Å². The van der Waals surface area contributed by atoms with E-state index in [-0.39, 0.29) is 5.92 Å². The van der Waals surface area contributed by atoms with Crippen molar-refractivity contribution < 1.29 is 8.78 Å². The molecule has 2 rings (SSSR count). The molecule has 70 valence electrons. The van der Waals surface area contributed by atoms with Gasteiger partial charge in [-0.05, 0) is 18.4 Å². The van der Waals surface area contributed by atoms with Crippen molar-refractivity contribution in [2.45, 2.75) is 18.9 Å². The van der Waals surface area contributed by atoms with Crippen molar-refractivity contribution in [1.82, 2.24) is 0 Å². The van der Waals surface area contributed by atoms with Gasteiger partial charge in [-0.3, -0.25) is 0 Å². The first-order valence-corrected chi connectivity index (χ1v) is 4.28. The molecule has 2 atom stereocenters. The molecule has 0 aliphatic heterocycles. The third-order valence-electron chi connectivity index (χ3n) is 2.80. The van der Waals surface area contributed by atoms with Crippen molar-refractivity contribution in [2.75, 3.05) is 0 Å². The van der Waals surface area contributed by atoms with Crippen molar-refractivity contribution in [3.05, 3.63) is 35.4 Å². The van der Waals surface area contributed by atoms with Crippen LogP contribution in [0.4, 0.5) is 8.78 Å². The van der Waals surface area contributed by atoms with Crippen LogP contribution < -0.4 is 5.73 Å². The van der Waals surface area contributed by atoms with E-state index in [9.17, 15) is 8.78 Å². The van der Waals surface area contributed by atoms with E-state index in [4.69, 9.17) is 5.73 Å². The number of nitrogens with two attached hydrogens (primary N) is 1. The molecule has 0 saturated heterocycles. The van der Waals surface area contributed by atoms with E-state index in [0.29, 0.717) is 5.56 Å². The standard InChI is InChI=1S/C10H11F2N/c1-6-5-10(6,13)8-3-2-7(11)4-9(8)12/h2-4,6H,5,13H2,1H3. The Morgan fingerprint density at radius 1 is 1.46 bits per heavy atom. The predicted molar refractivity (Wildman–Crippen MR) is 46.0 cm³/mol. The summed E-state index contributed by atoms with van der Waals surface area (Å²) < 4.78 is 25.8. The molecule has 13 heavy (non-hydrogen) atoms. The Labute approximate surface area is 75.6 Å². The van der Waals surface area contributed by atoms with Gasteiger partial charge in [0, 0.05) is 17.2 Å². The highest BCUT2D eigenvalue weighted by atomic mass is 19.1. The van der Waals surface area contributed by atoms with Gasteiger partial charge in [0.2, 0.25) is 0 Å². The van der Waals surface area contributed by atoms with Crippen LogP contribution in [0.2, 0.25) is 0 Å². The predicted octanol–water partition coefficient (Wildman–Crippen LogP) is 2.16. The first kappa shape index (κ1) is 8.63. The van der Waals surface area contributed by atoms with Gasteiger partial charge in [0.1, 0.15) is 11.6 Å². The highest BCUT2D eigenvalue weighted by Crippen LogP contribution is 2.49. The Kier molecular flexibility index (Phi) is 1.67. The average molecular weight is 183 g/mol. The zero-order chi connectivity index (χ0) is 9.64. The molecule has 0 heterocycles. The Morgan fingerprint density at radius 2 is 2.08 bits per heavy atom. The smallest absolute Gasteiger partial charge is 0.131 e. The summed E-state index contributed by atoms with van der Waals surface area (Å²) in [5.41, 5.74) is 5.77. The summed E-state index contributed by atoms with van der Waals surface area (Å²) in [4.78, 5) is 0. The minimum absolute atomic E-state index is 0.285. The summed E-state index contributed by atoms with van der Waals surface area (Å²) in [6.07, 6.45) is 0.773. The molecule has 1 saturated carbocycles. The van der Waals surface area contributed by atoms with Gasteiger partial charge in [-0.1, -0.05) is 13.0 Å². The minimum atomic E-state index is -0.558. The van der Waals surface area contributed by atoms with E-state index in [1.54, 1.807) is 0 Å². The van der Waals surface area contributed by atoms with Crippen LogP contribution >= 0.6 is 0 Å². The Balaban J connectivity index is 2.42. The fraction of sp³-hybridized carbons (Fsp3) is 0.400. The quantitative estimate of drug-likeness (QED) is 0.709. The molecule has 0 aromatic heterocycles. The lowest BCUT2D eigenvalue weighted by atomic mass is 10.0. The molecule has 1 aromatic rings. The lowest BCUT2D eigenvalue weighted by Gasteiger charge is -2.11. The first-order valence-electron chi connectivity index (χ1n) is 4.28. The molecule has 1 aliphatic carbocycles. The SMILES string of the molecule is CC1CC1(N)c1ccc(F)cc1F. The molecule has 1 fully saturated rings. The maximum atomic E-state index is 13.2. The third kappa shape index (κ3) is 1.23. The number of halogens is 2. The Hall–Kier alpha value is -0.960. The van der Waals surface area contributed by atoms with Gasteiger partial charge in [0.25, 0.3) is 0 Å². The fourth-order valence-corrected chi connectivity index (χ4v) is 1.69. The number of hydrogen-bond donors (Lipinski definition) is 1. The molecule has 2 unspecified atom stereocenters. The molecule has 0 amide bonds. The van der Waals surface area contributed by atoms with E-state index in [0.717, 1.165) is 12.5 Å². The van der Waals surface area contributed by atoms with Crippen molar-refractivity contribution in [1.29, 1.82) is 0 Å². The van der Waals surface area contributed by atoms with Gasteiger partial charge < -0.3 is 5.73 Å². The lowest BCUT2D eigenvalue weighted by Crippen LogP contribution is -2.23. The summed E-state index contributed by atoms with van der Waals surface area (Å²) >= 11 is 0. The number of benzene rings is 1. The monoisotopic (exact) mass is 183 g/mol. The third-order valence-corrected chi connectivity index (χ3v) is 2.80. The van der Waals surface area contributed by atoms with Gasteiger partial charge in [-0.2, -0.15) is 0 Å². The van der Waals surface area contributed by atoms with Crippen molar-refractivity contribution in [2.24, 2.45) is 11.7 Å². The molecule has 2 N–H and O–H groups in total. The summed E-state index contributed by atoms with van der Waals surface area (Å²) in [5.74, 6) is -0.808. The van der Waals surface area contributed by atoms with Crippen LogP contribution in [-0.4, -0.2) is 0 Å². The van der Waals surface area contributed by atoms with Crippen molar-refractivity contribution in [3.63, 3.8) is 0 Å². The van der Waals surface area contributed by atoms with Crippen molar-refractivity contribution in [3.8, 4) is 0 Å². The fourth-order valence-electron chi connectivity index (χ4n) is 1.69. The zero-order valence-electron chi connectivity index (χ0n) is 7.35. The molecular formula is C10H11F2N. The highest BCUT2D eigenvalue weighted by Gasteiger charge is 2.50. The van der Waals surface area contributed by atoms with Gasteiger partial charge in [-0.25, -0.2) is 8.78 Å². The molecule has 0 radical (unpaired) electrons. The number of hydrogen-bond acceptors (Lipinski definition) is 1. The maximum absolute atomic E-state index is 13.2. The second-order valence-electron chi connectivity index (χ2n) is 3.77. The normalized spacial score (nSPS) is 31.8. The summed E-state index contributed by atoms with van der Waals surface area (Å²) in [7, 11) is 0. The molecular weight excluding hydrogens is 172 g/mol. The second kappa shape index (κ2) is 2.51. The Bertz CT molecular complexity index is 351. The first-order chi connectivity index (χ1) is 6.04. The molecule has 1 aromatic carbocycles. The summed E-state index contributed by atoms with van der Waals surface area (Å²) in [5, 5.41) is 0. The van der Waals surface area contributed by atoms with E-state index in [1.165, 1.54) is 12.1 Å². The minimum Gasteiger partial charge on any atom is -0.321 e. The highest BCUT2D eigenvalue weighted by molar-refractivity contribution is 5.32. The summed E-state index contributed by atoms with van der Waals surface area (Å²) in [6, 6.07) is 3.57. The molecule has 1 aliphatic rings. The van der Waals surface area contributed by atoms with Crippen LogP contribution in [0.15, 0.2) is 18.2 Å². The van der Waals surface area contributed by atoms with E-state index in [1.807, 2.05) is 6.92 Å². The topological polar surface area (TPSA) is 26.0 Å². The van der Waals surface area contributed by atoms with E-state index in [2.05, 4.69) is 0 Å².